The predicted molar refractivity (Wildman–Crippen MR) is 82.1 cm³/mol. The van der Waals surface area contributed by atoms with E-state index in [0.29, 0.717) is 5.92 Å². The van der Waals surface area contributed by atoms with Crippen LogP contribution in [0.4, 0.5) is 4.39 Å². The second-order valence-corrected chi connectivity index (χ2v) is 6.31. The van der Waals surface area contributed by atoms with Gasteiger partial charge in [0.15, 0.2) is 0 Å². The summed E-state index contributed by atoms with van der Waals surface area (Å²) in [5.41, 5.74) is 0.815. The maximum atomic E-state index is 13.5. The van der Waals surface area contributed by atoms with Gasteiger partial charge in [-0.15, -0.1) is 0 Å². The molecule has 0 bridgehead atoms. The van der Waals surface area contributed by atoms with E-state index in [2.05, 4.69) is 26.1 Å². The second-order valence-electron chi connectivity index (χ2n) is 6.31. The highest BCUT2D eigenvalue weighted by atomic mass is 19.1. The van der Waals surface area contributed by atoms with E-state index in [1.807, 2.05) is 17.9 Å². The lowest BCUT2D eigenvalue weighted by molar-refractivity contribution is -0.132. The van der Waals surface area contributed by atoms with E-state index >= 15 is 0 Å². The molecule has 1 saturated heterocycles. The van der Waals surface area contributed by atoms with Gasteiger partial charge in [0.05, 0.1) is 6.04 Å². The third-order valence-corrected chi connectivity index (χ3v) is 4.13. The van der Waals surface area contributed by atoms with Crippen molar-refractivity contribution in [2.24, 2.45) is 5.92 Å². The topological polar surface area (TPSA) is 32.3 Å². The molecule has 1 aromatic rings. The van der Waals surface area contributed by atoms with E-state index in [1.165, 1.54) is 12.1 Å². The van der Waals surface area contributed by atoms with Gasteiger partial charge < -0.3 is 4.90 Å². The number of nitrogens with zero attached hydrogens (tertiary/aromatic N) is 1. The smallest absolute Gasteiger partial charge is 0.241 e. The predicted octanol–water partition coefficient (Wildman–Crippen LogP) is 3.47. The molecule has 1 aliphatic rings. The highest BCUT2D eigenvalue weighted by Crippen LogP contribution is 2.30. The molecule has 4 heteroatoms. The van der Waals surface area contributed by atoms with E-state index < -0.39 is 0 Å². The van der Waals surface area contributed by atoms with Crippen LogP contribution in [0.25, 0.3) is 0 Å². The lowest BCUT2D eigenvalue weighted by Crippen LogP contribution is -2.38. The van der Waals surface area contributed by atoms with Gasteiger partial charge in [-0.3, -0.25) is 10.1 Å². The lowest BCUT2D eigenvalue weighted by atomic mass is 10.0. The van der Waals surface area contributed by atoms with Gasteiger partial charge >= 0.3 is 0 Å². The normalized spacial score (nSPS) is 23.9. The fourth-order valence-electron chi connectivity index (χ4n) is 2.89. The van der Waals surface area contributed by atoms with Crippen molar-refractivity contribution in [1.82, 2.24) is 10.2 Å². The van der Waals surface area contributed by atoms with Gasteiger partial charge in [-0.25, -0.2) is 4.39 Å². The Labute approximate surface area is 126 Å². The summed E-state index contributed by atoms with van der Waals surface area (Å²) in [6, 6.07) is 6.47. The van der Waals surface area contributed by atoms with Crippen LogP contribution in [-0.4, -0.2) is 22.9 Å². The number of amides is 1. The van der Waals surface area contributed by atoms with Crippen molar-refractivity contribution >= 4 is 5.91 Å². The first-order chi connectivity index (χ1) is 9.93. The van der Waals surface area contributed by atoms with Crippen molar-refractivity contribution in [3.8, 4) is 0 Å². The van der Waals surface area contributed by atoms with Gasteiger partial charge in [0, 0.05) is 6.04 Å². The molecule has 0 aliphatic carbocycles. The molecule has 116 valence electrons. The van der Waals surface area contributed by atoms with Gasteiger partial charge in [-0.05, 0) is 43.4 Å². The monoisotopic (exact) mass is 292 g/mol. The Morgan fingerprint density at radius 1 is 1.33 bits per heavy atom. The minimum absolute atomic E-state index is 0.132. The molecule has 1 heterocycles. The van der Waals surface area contributed by atoms with Crippen LogP contribution in [0, 0.1) is 11.7 Å². The van der Waals surface area contributed by atoms with E-state index in [4.69, 9.17) is 0 Å². The molecule has 0 spiro atoms. The zero-order valence-electron chi connectivity index (χ0n) is 13.3. The zero-order chi connectivity index (χ0) is 15.6. The molecular weight excluding hydrogens is 267 g/mol. The number of hydrogen-bond acceptors (Lipinski definition) is 2. The molecule has 21 heavy (non-hydrogen) atoms. The number of halogens is 1. The zero-order valence-corrected chi connectivity index (χ0v) is 13.3. The van der Waals surface area contributed by atoms with Crippen molar-refractivity contribution in [3.63, 3.8) is 0 Å². The van der Waals surface area contributed by atoms with Gasteiger partial charge in [0.2, 0.25) is 5.91 Å². The molecule has 3 unspecified atom stereocenters. The Balaban J connectivity index is 2.30. The number of carbonyl (C=O) groups is 1. The van der Waals surface area contributed by atoms with Crippen LogP contribution in [0.5, 0.6) is 0 Å². The third kappa shape index (κ3) is 3.43. The largest absolute Gasteiger partial charge is 0.319 e. The molecule has 1 N–H and O–H groups in total. The fourth-order valence-corrected chi connectivity index (χ4v) is 2.89. The van der Waals surface area contributed by atoms with Crippen LogP contribution in [0.1, 0.15) is 52.3 Å². The van der Waals surface area contributed by atoms with Gasteiger partial charge in [0.1, 0.15) is 12.0 Å². The minimum Gasteiger partial charge on any atom is -0.319 e. The molecule has 1 aromatic carbocycles. The van der Waals surface area contributed by atoms with E-state index in [9.17, 15) is 9.18 Å². The van der Waals surface area contributed by atoms with Crippen molar-refractivity contribution < 1.29 is 9.18 Å². The van der Waals surface area contributed by atoms with Gasteiger partial charge in [-0.2, -0.15) is 0 Å². The number of hydrogen-bond donors (Lipinski definition) is 1. The van der Waals surface area contributed by atoms with Crippen LogP contribution < -0.4 is 5.32 Å². The Kier molecular flexibility index (Phi) is 4.99. The van der Waals surface area contributed by atoms with Crippen molar-refractivity contribution in [1.29, 1.82) is 0 Å². The maximum absolute atomic E-state index is 13.5. The second kappa shape index (κ2) is 6.56. The highest BCUT2D eigenvalue weighted by Gasteiger charge is 2.41. The summed E-state index contributed by atoms with van der Waals surface area (Å²) in [5.74, 6) is 0.307. The maximum Gasteiger partial charge on any atom is 0.241 e. The average Bonchev–Trinajstić information content (AvgIpc) is 2.75. The lowest BCUT2D eigenvalue weighted by Gasteiger charge is -2.30. The number of carbonyl (C=O) groups excluding carboxylic acids is 1. The summed E-state index contributed by atoms with van der Waals surface area (Å²) in [5, 5.41) is 3.39. The Morgan fingerprint density at radius 2 is 2.05 bits per heavy atom. The van der Waals surface area contributed by atoms with E-state index in [0.717, 1.165) is 18.4 Å². The quantitative estimate of drug-likeness (QED) is 0.901. The molecule has 0 saturated carbocycles. The number of benzene rings is 1. The third-order valence-electron chi connectivity index (χ3n) is 4.13. The average molecular weight is 292 g/mol. The van der Waals surface area contributed by atoms with Crippen LogP contribution in [0.2, 0.25) is 0 Å². The summed E-state index contributed by atoms with van der Waals surface area (Å²) in [7, 11) is 0. The van der Waals surface area contributed by atoms with Crippen LogP contribution in [-0.2, 0) is 4.79 Å². The Morgan fingerprint density at radius 3 is 2.62 bits per heavy atom. The SMILES string of the molecule is CCC(C)N1C(=O)C(CC(C)C)NC1c1cccc(F)c1. The molecule has 2 rings (SSSR count). The first kappa shape index (κ1) is 16.0. The van der Waals surface area contributed by atoms with Gasteiger partial charge in [-0.1, -0.05) is 32.9 Å². The standard InChI is InChI=1S/C17H25FN2O/c1-5-12(4)20-16(13-7-6-8-14(18)10-13)19-15(17(20)21)9-11(2)3/h6-8,10-12,15-16,19H,5,9H2,1-4H3. The summed E-state index contributed by atoms with van der Waals surface area (Å²) in [4.78, 5) is 14.6. The highest BCUT2D eigenvalue weighted by molar-refractivity contribution is 5.84. The molecule has 0 aromatic heterocycles. The molecule has 3 atom stereocenters. The number of nitrogens with one attached hydrogen (secondary N) is 1. The first-order valence-electron chi connectivity index (χ1n) is 7.77. The molecule has 1 amide bonds. The summed E-state index contributed by atoms with van der Waals surface area (Å²) in [6.07, 6.45) is 1.46. The summed E-state index contributed by atoms with van der Waals surface area (Å²) >= 11 is 0. The summed E-state index contributed by atoms with van der Waals surface area (Å²) in [6.45, 7) is 8.33. The van der Waals surface area contributed by atoms with Crippen molar-refractivity contribution in [2.45, 2.75) is 58.8 Å². The minimum atomic E-state index is -0.266. The molecule has 1 fully saturated rings. The van der Waals surface area contributed by atoms with E-state index in [1.54, 1.807) is 6.07 Å². The van der Waals surface area contributed by atoms with Gasteiger partial charge in [0.25, 0.3) is 0 Å². The molecular formula is C17H25FN2O. The van der Waals surface area contributed by atoms with Crippen LogP contribution >= 0.6 is 0 Å². The van der Waals surface area contributed by atoms with Crippen molar-refractivity contribution in [2.75, 3.05) is 0 Å². The molecule has 0 radical (unpaired) electrons. The Hall–Kier alpha value is -1.42. The number of rotatable bonds is 5. The van der Waals surface area contributed by atoms with Crippen LogP contribution in [0.15, 0.2) is 24.3 Å². The van der Waals surface area contributed by atoms with E-state index in [-0.39, 0.29) is 30.0 Å². The molecule has 3 nitrogen and oxygen atoms in total. The fraction of sp³-hybridized carbons (Fsp3) is 0.588. The first-order valence-corrected chi connectivity index (χ1v) is 7.77. The molecule has 1 aliphatic heterocycles. The Bertz CT molecular complexity index is 503. The summed E-state index contributed by atoms with van der Waals surface area (Å²) < 4.78 is 13.5. The van der Waals surface area contributed by atoms with Crippen LogP contribution in [0.3, 0.4) is 0 Å². The van der Waals surface area contributed by atoms with Crippen molar-refractivity contribution in [3.05, 3.63) is 35.6 Å².